The Balaban J connectivity index is 0.000000345. The van der Waals surface area contributed by atoms with Crippen LogP contribution in [-0.4, -0.2) is 61.5 Å². The van der Waals surface area contributed by atoms with Crippen LogP contribution in [0.1, 0.15) is 11.1 Å². The van der Waals surface area contributed by atoms with Crippen molar-refractivity contribution in [2.45, 2.75) is 12.3 Å². The Morgan fingerprint density at radius 1 is 0.556 bits per heavy atom. The number of benzene rings is 2. The monoisotopic (exact) mass is 400 g/mol. The fourth-order valence-corrected chi connectivity index (χ4v) is 4.30. The summed E-state index contributed by atoms with van der Waals surface area (Å²) in [4.78, 5) is 30.4. The van der Waals surface area contributed by atoms with Crippen molar-refractivity contribution < 1.29 is 35.1 Å². The second kappa shape index (κ2) is 10.2. The molecule has 0 saturated heterocycles. The molecule has 0 aliphatic rings. The SMILES string of the molecule is OCC(CO)(CO)CO.OP(O)(O)(Cc1ccccc1)Cc1ccccc1. The van der Waals surface area contributed by atoms with Gasteiger partial charge in [0.2, 0.25) is 0 Å². The summed E-state index contributed by atoms with van der Waals surface area (Å²) in [5.74, 6) is 0. The van der Waals surface area contributed by atoms with E-state index >= 15 is 0 Å². The molecule has 2 rings (SSSR count). The summed E-state index contributed by atoms with van der Waals surface area (Å²) < 4.78 is 0. The van der Waals surface area contributed by atoms with Gasteiger partial charge in [-0.1, -0.05) is 0 Å². The van der Waals surface area contributed by atoms with Crippen molar-refractivity contribution in [3.63, 3.8) is 0 Å². The molecular formula is C19H29O7P. The molecule has 7 N–H and O–H groups in total. The van der Waals surface area contributed by atoms with Crippen molar-refractivity contribution in [1.82, 2.24) is 0 Å². The van der Waals surface area contributed by atoms with E-state index in [1.165, 1.54) is 0 Å². The molecule has 8 heteroatoms. The second-order valence-corrected chi connectivity index (χ2v) is 10.1. The van der Waals surface area contributed by atoms with Gasteiger partial charge < -0.3 is 20.4 Å². The van der Waals surface area contributed by atoms with E-state index in [4.69, 9.17) is 20.4 Å². The van der Waals surface area contributed by atoms with Crippen LogP contribution >= 0.6 is 7.28 Å². The Bertz CT molecular complexity index is 589. The molecule has 152 valence electrons. The van der Waals surface area contributed by atoms with E-state index in [1.54, 1.807) is 24.3 Å². The number of hydrogen-bond acceptors (Lipinski definition) is 7. The van der Waals surface area contributed by atoms with Crippen molar-refractivity contribution in [3.8, 4) is 0 Å². The van der Waals surface area contributed by atoms with Gasteiger partial charge >= 0.3 is 106 Å². The molecule has 0 saturated carbocycles. The maximum absolute atomic E-state index is 10.1. The predicted molar refractivity (Wildman–Crippen MR) is 105 cm³/mol. The van der Waals surface area contributed by atoms with E-state index in [1.807, 2.05) is 36.4 Å². The zero-order valence-electron chi connectivity index (χ0n) is 15.1. The van der Waals surface area contributed by atoms with Crippen LogP contribution in [0.5, 0.6) is 0 Å². The summed E-state index contributed by atoms with van der Waals surface area (Å²) in [5, 5.41) is 34.0. The van der Waals surface area contributed by atoms with Gasteiger partial charge in [0, 0.05) is 0 Å². The molecule has 2 aromatic carbocycles. The van der Waals surface area contributed by atoms with Gasteiger partial charge in [-0.05, 0) is 0 Å². The Morgan fingerprint density at radius 3 is 1.07 bits per heavy atom. The van der Waals surface area contributed by atoms with Crippen LogP contribution in [0.4, 0.5) is 0 Å². The van der Waals surface area contributed by atoms with Gasteiger partial charge in [0.25, 0.3) is 0 Å². The molecule has 2 aromatic rings. The zero-order chi connectivity index (χ0) is 20.4. The van der Waals surface area contributed by atoms with Crippen LogP contribution in [0, 0.1) is 5.41 Å². The number of hydrogen-bond donors (Lipinski definition) is 7. The average Bonchev–Trinajstić information content (AvgIpc) is 2.65. The Morgan fingerprint density at radius 2 is 0.852 bits per heavy atom. The Labute approximate surface area is 159 Å². The predicted octanol–water partition coefficient (Wildman–Crippen LogP) is 0.604. The van der Waals surface area contributed by atoms with Crippen LogP contribution in [0.2, 0.25) is 0 Å². The third kappa shape index (κ3) is 8.43. The summed E-state index contributed by atoms with van der Waals surface area (Å²) >= 11 is 0. The van der Waals surface area contributed by atoms with Crippen molar-refractivity contribution in [2.24, 2.45) is 5.41 Å². The molecule has 0 spiro atoms. The van der Waals surface area contributed by atoms with E-state index in [2.05, 4.69) is 0 Å². The minimum absolute atomic E-state index is 0.110. The molecule has 0 bridgehead atoms. The van der Waals surface area contributed by atoms with Crippen LogP contribution in [0.25, 0.3) is 0 Å². The van der Waals surface area contributed by atoms with Crippen LogP contribution in [-0.2, 0) is 12.3 Å². The average molecular weight is 400 g/mol. The topological polar surface area (TPSA) is 142 Å². The van der Waals surface area contributed by atoms with Crippen molar-refractivity contribution in [1.29, 1.82) is 0 Å². The Hall–Kier alpha value is -1.41. The van der Waals surface area contributed by atoms with Gasteiger partial charge in [0.15, 0.2) is 0 Å². The van der Waals surface area contributed by atoms with E-state index < -0.39 is 39.1 Å². The summed E-state index contributed by atoms with van der Waals surface area (Å²) in [5.41, 5.74) is 0.331. The van der Waals surface area contributed by atoms with E-state index in [9.17, 15) is 14.7 Å². The fraction of sp³-hybridized carbons (Fsp3) is 0.368. The van der Waals surface area contributed by atoms with Crippen LogP contribution in [0.15, 0.2) is 60.7 Å². The fourth-order valence-electron chi connectivity index (χ4n) is 2.27. The minimum atomic E-state index is -4.66. The third-order valence-electron chi connectivity index (χ3n) is 4.04. The molecule has 0 aliphatic carbocycles. The van der Waals surface area contributed by atoms with Crippen molar-refractivity contribution >= 4 is 7.28 Å². The van der Waals surface area contributed by atoms with E-state index in [0.29, 0.717) is 0 Å². The first kappa shape index (κ1) is 23.6. The van der Waals surface area contributed by atoms with Gasteiger partial charge in [0.1, 0.15) is 0 Å². The molecule has 0 fully saturated rings. The van der Waals surface area contributed by atoms with Gasteiger partial charge in [-0.15, -0.1) is 0 Å². The first-order valence-corrected chi connectivity index (χ1v) is 10.9. The summed E-state index contributed by atoms with van der Waals surface area (Å²) in [6.07, 6.45) is -0.220. The quantitative estimate of drug-likeness (QED) is 0.322. The maximum atomic E-state index is 10.1. The molecule has 0 heterocycles. The normalized spacial score (nSPS) is 13.2. The molecule has 0 unspecified atom stereocenters. The van der Waals surface area contributed by atoms with Crippen molar-refractivity contribution in [2.75, 3.05) is 26.4 Å². The number of rotatable bonds is 8. The molecule has 0 aromatic heterocycles. The molecule has 27 heavy (non-hydrogen) atoms. The molecule has 0 amide bonds. The number of aliphatic hydroxyl groups is 4. The van der Waals surface area contributed by atoms with E-state index in [0.717, 1.165) is 11.1 Å². The first-order valence-electron chi connectivity index (χ1n) is 8.44. The van der Waals surface area contributed by atoms with Gasteiger partial charge in [-0.3, -0.25) is 0 Å². The van der Waals surface area contributed by atoms with Gasteiger partial charge in [-0.25, -0.2) is 0 Å². The first-order chi connectivity index (χ1) is 12.7. The van der Waals surface area contributed by atoms with E-state index in [-0.39, 0.29) is 12.3 Å². The zero-order valence-corrected chi connectivity index (χ0v) is 16.0. The molecule has 0 atom stereocenters. The third-order valence-corrected chi connectivity index (χ3v) is 6.07. The molecule has 0 radical (unpaired) electrons. The van der Waals surface area contributed by atoms with Crippen LogP contribution < -0.4 is 0 Å². The Kier molecular flexibility index (Phi) is 8.94. The van der Waals surface area contributed by atoms with Gasteiger partial charge in [-0.2, -0.15) is 0 Å². The van der Waals surface area contributed by atoms with Gasteiger partial charge in [0.05, 0.1) is 31.8 Å². The second-order valence-electron chi connectivity index (χ2n) is 6.76. The summed E-state index contributed by atoms with van der Waals surface area (Å²) in [7, 11) is -4.66. The molecule has 7 nitrogen and oxygen atoms in total. The molecular weight excluding hydrogens is 371 g/mol. The van der Waals surface area contributed by atoms with Crippen molar-refractivity contribution in [3.05, 3.63) is 71.8 Å². The molecule has 0 aliphatic heterocycles. The standard InChI is InChI=1S/C14H17O3P.C5H12O4/c15-18(16,17,11-13-7-3-1-4-8-13)12-14-9-5-2-6-10-14;6-1-5(2-7,3-8)4-9/h1-10,15-17H,11-12H2;6-9H,1-4H2. The summed E-state index contributed by atoms with van der Waals surface area (Å²) in [6, 6.07) is 18.0. The van der Waals surface area contributed by atoms with Crippen LogP contribution in [0.3, 0.4) is 0 Å². The summed E-state index contributed by atoms with van der Waals surface area (Å²) in [6.45, 7) is -1.62. The number of aliphatic hydroxyl groups excluding tert-OH is 4.